The van der Waals surface area contributed by atoms with E-state index in [0.29, 0.717) is 0 Å². The Morgan fingerprint density at radius 2 is 0.688 bits per heavy atom. The summed E-state index contributed by atoms with van der Waals surface area (Å²) in [5, 5.41) is 2.26. The van der Waals surface area contributed by atoms with Crippen LogP contribution in [0, 0.1) is 0 Å². The van der Waals surface area contributed by atoms with Crippen LogP contribution in [0.4, 0.5) is 0 Å². The molecule has 0 aliphatic carbocycles. The number of benzene rings is 4. The minimum absolute atomic E-state index is 0.946. The van der Waals surface area contributed by atoms with Gasteiger partial charge in [0.2, 0.25) is 0 Å². The summed E-state index contributed by atoms with van der Waals surface area (Å²) in [5.74, 6) is 0. The molecule has 0 aliphatic rings. The lowest BCUT2D eigenvalue weighted by molar-refractivity contribution is 1.37. The molecule has 0 N–H and O–H groups in total. The second kappa shape index (κ2) is 9.23. The molecular weight excluding hydrogens is 388 g/mol. The van der Waals surface area contributed by atoms with E-state index in [-0.39, 0.29) is 0 Å². The van der Waals surface area contributed by atoms with Gasteiger partial charge in [0, 0.05) is 23.2 Å². The van der Waals surface area contributed by atoms with Gasteiger partial charge in [0.25, 0.3) is 0 Å². The molecule has 2 aromatic heterocycles. The van der Waals surface area contributed by atoms with Gasteiger partial charge in [0.1, 0.15) is 0 Å². The molecule has 0 fully saturated rings. The van der Waals surface area contributed by atoms with E-state index in [2.05, 4.69) is 82.8 Å². The molecule has 2 nitrogen and oxygen atoms in total. The third-order valence-electron chi connectivity index (χ3n) is 5.46. The van der Waals surface area contributed by atoms with Crippen molar-refractivity contribution in [2.24, 2.45) is 0 Å². The van der Waals surface area contributed by atoms with Crippen LogP contribution in [0.2, 0.25) is 0 Å². The van der Waals surface area contributed by atoms with Gasteiger partial charge in [0.05, 0.1) is 11.0 Å². The Morgan fingerprint density at radius 3 is 1.06 bits per heavy atom. The quantitative estimate of drug-likeness (QED) is 0.272. The Morgan fingerprint density at radius 1 is 0.344 bits per heavy atom. The van der Waals surface area contributed by atoms with Crippen LogP contribution in [0.25, 0.3) is 44.1 Å². The summed E-state index contributed by atoms with van der Waals surface area (Å²) in [4.78, 5) is 9.34. The molecule has 0 aliphatic heterocycles. The smallest absolute Gasteiger partial charge is 0.0970 e. The van der Waals surface area contributed by atoms with Gasteiger partial charge in [-0.1, -0.05) is 109 Å². The average Bonchev–Trinajstić information content (AvgIpc) is 2.90. The van der Waals surface area contributed by atoms with Crippen LogP contribution in [0.5, 0.6) is 0 Å². The van der Waals surface area contributed by atoms with E-state index in [1.807, 2.05) is 60.9 Å². The molecule has 0 bridgehead atoms. The predicted molar refractivity (Wildman–Crippen MR) is 134 cm³/mol. The summed E-state index contributed by atoms with van der Waals surface area (Å²) in [5.41, 5.74) is 6.65. The number of pyridine rings is 2. The van der Waals surface area contributed by atoms with Gasteiger partial charge in [-0.05, 0) is 34.4 Å². The van der Waals surface area contributed by atoms with Gasteiger partial charge >= 0.3 is 0 Å². The molecule has 0 spiro atoms. The van der Waals surface area contributed by atoms with Crippen molar-refractivity contribution in [3.8, 4) is 22.3 Å². The number of hydrogen-bond donors (Lipinski definition) is 0. The van der Waals surface area contributed by atoms with Crippen LogP contribution in [0.1, 0.15) is 0 Å². The maximum absolute atomic E-state index is 4.67. The second-order valence-corrected chi connectivity index (χ2v) is 7.46. The summed E-state index contributed by atoms with van der Waals surface area (Å²) < 4.78 is 0. The largest absolute Gasteiger partial charge is 0.254 e. The summed E-state index contributed by atoms with van der Waals surface area (Å²) in [7, 11) is 0. The van der Waals surface area contributed by atoms with Gasteiger partial charge in [-0.2, -0.15) is 0 Å². The minimum Gasteiger partial charge on any atom is -0.254 e. The Balaban J connectivity index is 0.000000314. The molecule has 4 aromatic carbocycles. The lowest BCUT2D eigenvalue weighted by Crippen LogP contribution is -1.90. The summed E-state index contributed by atoms with van der Waals surface area (Å²) in [6.45, 7) is 0. The molecule has 0 amide bonds. The number of hydrogen-bond acceptors (Lipinski definition) is 2. The summed E-state index contributed by atoms with van der Waals surface area (Å²) >= 11 is 0. The molecule has 0 radical (unpaired) electrons. The first-order valence-electron chi connectivity index (χ1n) is 10.7. The normalized spacial score (nSPS) is 10.5. The second-order valence-electron chi connectivity index (χ2n) is 7.46. The third-order valence-corrected chi connectivity index (χ3v) is 5.46. The Labute approximate surface area is 187 Å². The molecule has 0 atom stereocenters. The highest BCUT2D eigenvalue weighted by molar-refractivity contribution is 6.11. The average molecular weight is 411 g/mol. The fourth-order valence-electron chi connectivity index (χ4n) is 3.95. The van der Waals surface area contributed by atoms with E-state index in [9.17, 15) is 0 Å². The van der Waals surface area contributed by atoms with Crippen LogP contribution in [-0.2, 0) is 0 Å². The van der Waals surface area contributed by atoms with E-state index < -0.39 is 0 Å². The molecule has 152 valence electrons. The lowest BCUT2D eigenvalue weighted by Gasteiger charge is -2.11. The predicted octanol–water partition coefficient (Wildman–Crippen LogP) is 7.80. The zero-order valence-electron chi connectivity index (χ0n) is 17.6. The monoisotopic (exact) mass is 410 g/mol. The van der Waals surface area contributed by atoms with Gasteiger partial charge in [-0.3, -0.25) is 9.97 Å². The van der Waals surface area contributed by atoms with Crippen molar-refractivity contribution >= 4 is 21.8 Å². The van der Waals surface area contributed by atoms with Crippen molar-refractivity contribution in [2.45, 2.75) is 0 Å². The van der Waals surface area contributed by atoms with E-state index in [4.69, 9.17) is 0 Å². The van der Waals surface area contributed by atoms with Crippen molar-refractivity contribution in [1.82, 2.24) is 9.97 Å². The van der Waals surface area contributed by atoms with E-state index in [1.54, 1.807) is 0 Å². The van der Waals surface area contributed by atoms with Gasteiger partial charge < -0.3 is 0 Å². The molecule has 0 saturated heterocycles. The molecule has 6 rings (SSSR count). The van der Waals surface area contributed by atoms with Crippen LogP contribution >= 0.6 is 0 Å². The van der Waals surface area contributed by atoms with Crippen molar-refractivity contribution < 1.29 is 0 Å². The fraction of sp³-hybridized carbons (Fsp3) is 0. The number of fused-ring (bicyclic) bond motifs is 3. The molecule has 32 heavy (non-hydrogen) atoms. The molecule has 0 saturated carbocycles. The van der Waals surface area contributed by atoms with Gasteiger partial charge in [0.15, 0.2) is 0 Å². The van der Waals surface area contributed by atoms with Gasteiger partial charge in [-0.15, -0.1) is 0 Å². The highest BCUT2D eigenvalue weighted by atomic mass is 14.7. The Bertz CT molecular complexity index is 1320. The third kappa shape index (κ3) is 3.99. The minimum atomic E-state index is 0.946. The molecule has 0 unspecified atom stereocenters. The summed E-state index contributed by atoms with van der Waals surface area (Å²) in [6.07, 6.45) is 3.75. The van der Waals surface area contributed by atoms with Crippen LogP contribution in [0.3, 0.4) is 0 Å². The number of aromatic nitrogens is 2. The van der Waals surface area contributed by atoms with Crippen LogP contribution < -0.4 is 0 Å². The van der Waals surface area contributed by atoms with Crippen molar-refractivity contribution in [3.63, 3.8) is 0 Å². The fourth-order valence-corrected chi connectivity index (χ4v) is 3.95. The van der Waals surface area contributed by atoms with E-state index >= 15 is 0 Å². The maximum Gasteiger partial charge on any atom is 0.0970 e. The first kappa shape index (κ1) is 19.7. The van der Waals surface area contributed by atoms with Crippen molar-refractivity contribution in [1.29, 1.82) is 0 Å². The lowest BCUT2D eigenvalue weighted by atomic mass is 9.97. The van der Waals surface area contributed by atoms with Crippen LogP contribution in [-0.4, -0.2) is 9.97 Å². The van der Waals surface area contributed by atoms with Crippen molar-refractivity contribution in [3.05, 3.63) is 134 Å². The van der Waals surface area contributed by atoms with Gasteiger partial charge in [-0.25, -0.2) is 0 Å². The maximum atomic E-state index is 4.67. The zero-order chi connectivity index (χ0) is 21.6. The standard InChI is InChI=1S/C24H16N2.C6H6/c1-3-7-17(8-4-1)19-13-15-25-23-21(19)11-12-22-20(14-16-26-24(22)23)18-9-5-2-6-10-18;1-2-4-6-5-3-1/h1-16H;1-6H. The van der Waals surface area contributed by atoms with E-state index in [0.717, 1.165) is 21.8 Å². The number of nitrogens with zero attached hydrogens (tertiary/aromatic N) is 2. The first-order valence-corrected chi connectivity index (χ1v) is 10.7. The zero-order valence-corrected chi connectivity index (χ0v) is 17.6. The number of rotatable bonds is 2. The SMILES string of the molecule is c1ccc(-c2ccnc3c2ccc2c(-c4ccccc4)ccnc23)cc1.c1ccccc1. The van der Waals surface area contributed by atoms with E-state index in [1.165, 1.54) is 22.3 Å². The highest BCUT2D eigenvalue weighted by Crippen LogP contribution is 2.34. The van der Waals surface area contributed by atoms with Crippen LogP contribution in [0.15, 0.2) is 134 Å². The Hall–Kier alpha value is -4.30. The molecule has 2 heterocycles. The molecular formula is C30H22N2. The van der Waals surface area contributed by atoms with Crippen molar-refractivity contribution in [2.75, 3.05) is 0 Å². The topological polar surface area (TPSA) is 25.8 Å². The Kier molecular flexibility index (Phi) is 5.67. The summed E-state index contributed by atoms with van der Waals surface area (Å²) in [6, 6.07) is 41.3. The first-order chi connectivity index (χ1) is 15.9. The molecule has 2 heteroatoms. The highest BCUT2D eigenvalue weighted by Gasteiger charge is 2.11. The molecule has 6 aromatic rings.